The maximum absolute atomic E-state index is 13.4. The SMILES string of the molecule is O=C(c1cc(I)c(F)cc1F)N1CCC(F)(F)C1. The minimum atomic E-state index is -2.93. The molecule has 0 saturated carbocycles. The van der Waals surface area contributed by atoms with E-state index in [4.69, 9.17) is 0 Å². The van der Waals surface area contributed by atoms with Crippen molar-refractivity contribution in [1.82, 2.24) is 4.90 Å². The van der Waals surface area contributed by atoms with E-state index in [2.05, 4.69) is 0 Å². The molecule has 1 fully saturated rings. The highest BCUT2D eigenvalue weighted by molar-refractivity contribution is 14.1. The molecule has 1 saturated heterocycles. The molecule has 0 aliphatic carbocycles. The predicted octanol–water partition coefficient (Wildman–Crippen LogP) is 3.05. The number of likely N-dealkylation sites (tertiary alicyclic amines) is 1. The lowest BCUT2D eigenvalue weighted by Crippen LogP contribution is -2.32. The second kappa shape index (κ2) is 4.67. The third-order valence-electron chi connectivity index (χ3n) is 2.70. The summed E-state index contributed by atoms with van der Waals surface area (Å²) in [7, 11) is 0. The summed E-state index contributed by atoms with van der Waals surface area (Å²) in [6.45, 7) is -0.849. The van der Waals surface area contributed by atoms with Gasteiger partial charge in [-0.15, -0.1) is 0 Å². The quantitative estimate of drug-likeness (QED) is 0.421. The highest BCUT2D eigenvalue weighted by Crippen LogP contribution is 2.28. The molecular formula is C11H8F4INO. The van der Waals surface area contributed by atoms with Crippen molar-refractivity contribution >= 4 is 28.5 Å². The molecule has 18 heavy (non-hydrogen) atoms. The first-order valence-corrected chi connectivity index (χ1v) is 6.20. The molecule has 0 spiro atoms. The molecule has 7 heteroatoms. The monoisotopic (exact) mass is 373 g/mol. The molecule has 1 amide bonds. The number of rotatable bonds is 1. The normalized spacial score (nSPS) is 18.2. The van der Waals surface area contributed by atoms with Crippen LogP contribution < -0.4 is 0 Å². The van der Waals surface area contributed by atoms with E-state index in [1.807, 2.05) is 0 Å². The first-order valence-electron chi connectivity index (χ1n) is 5.12. The summed E-state index contributed by atoms with van der Waals surface area (Å²) >= 11 is 1.61. The van der Waals surface area contributed by atoms with E-state index in [1.165, 1.54) is 0 Å². The van der Waals surface area contributed by atoms with Gasteiger partial charge in [0.05, 0.1) is 12.1 Å². The van der Waals surface area contributed by atoms with Crippen LogP contribution in [0.3, 0.4) is 0 Å². The van der Waals surface area contributed by atoms with Gasteiger partial charge in [0.25, 0.3) is 11.8 Å². The van der Waals surface area contributed by atoms with Gasteiger partial charge in [0, 0.05) is 22.6 Å². The van der Waals surface area contributed by atoms with Crippen LogP contribution in [0, 0.1) is 15.2 Å². The number of carbonyl (C=O) groups excluding carboxylic acids is 1. The maximum Gasteiger partial charge on any atom is 0.267 e. The summed E-state index contributed by atoms with van der Waals surface area (Å²) < 4.78 is 52.5. The van der Waals surface area contributed by atoms with Crippen molar-refractivity contribution in [2.24, 2.45) is 0 Å². The van der Waals surface area contributed by atoms with E-state index in [9.17, 15) is 22.4 Å². The maximum atomic E-state index is 13.4. The molecule has 1 aliphatic heterocycles. The van der Waals surface area contributed by atoms with Crippen LogP contribution in [0.2, 0.25) is 0 Å². The van der Waals surface area contributed by atoms with Gasteiger partial charge in [-0.05, 0) is 28.7 Å². The van der Waals surface area contributed by atoms with Crippen LogP contribution >= 0.6 is 22.6 Å². The van der Waals surface area contributed by atoms with Gasteiger partial charge in [-0.2, -0.15) is 0 Å². The van der Waals surface area contributed by atoms with E-state index >= 15 is 0 Å². The standard InChI is InChI=1S/C11H8F4INO/c12-7-4-8(13)9(16)3-6(7)10(18)17-2-1-11(14,15)5-17/h3-4H,1-2,5H2. The minimum absolute atomic E-state index is 0.0725. The van der Waals surface area contributed by atoms with Gasteiger partial charge in [-0.25, -0.2) is 17.6 Å². The molecule has 1 aliphatic rings. The fraction of sp³-hybridized carbons (Fsp3) is 0.364. The Morgan fingerprint density at radius 3 is 2.50 bits per heavy atom. The van der Waals surface area contributed by atoms with Crippen LogP contribution in [0.25, 0.3) is 0 Å². The van der Waals surface area contributed by atoms with Crippen LogP contribution in [-0.2, 0) is 0 Å². The second-order valence-corrected chi connectivity index (χ2v) is 5.24. The van der Waals surface area contributed by atoms with Gasteiger partial charge in [0.15, 0.2) is 0 Å². The number of hydrogen-bond acceptors (Lipinski definition) is 1. The molecule has 2 nitrogen and oxygen atoms in total. The average molecular weight is 373 g/mol. The Bertz CT molecular complexity index is 506. The van der Waals surface area contributed by atoms with Crippen LogP contribution in [0.4, 0.5) is 17.6 Å². The average Bonchev–Trinajstić information content (AvgIpc) is 2.63. The smallest absolute Gasteiger partial charge is 0.267 e. The molecule has 0 atom stereocenters. The van der Waals surface area contributed by atoms with Gasteiger partial charge < -0.3 is 4.90 Å². The number of alkyl halides is 2. The topological polar surface area (TPSA) is 20.3 Å². The van der Waals surface area contributed by atoms with Gasteiger partial charge in [-0.3, -0.25) is 4.79 Å². The molecule has 2 rings (SSSR count). The summed E-state index contributed by atoms with van der Waals surface area (Å²) in [6.07, 6.45) is -0.432. The largest absolute Gasteiger partial charge is 0.332 e. The molecule has 0 unspecified atom stereocenters. The summed E-state index contributed by atoms with van der Waals surface area (Å²) in [4.78, 5) is 12.7. The van der Waals surface area contributed by atoms with Crippen LogP contribution in [-0.4, -0.2) is 29.8 Å². The zero-order valence-electron chi connectivity index (χ0n) is 9.02. The highest BCUT2D eigenvalue weighted by Gasteiger charge is 2.41. The van der Waals surface area contributed by atoms with Crippen molar-refractivity contribution in [2.45, 2.75) is 12.3 Å². The Morgan fingerprint density at radius 1 is 1.28 bits per heavy atom. The van der Waals surface area contributed by atoms with Crippen LogP contribution in [0.15, 0.2) is 12.1 Å². The zero-order valence-corrected chi connectivity index (χ0v) is 11.2. The number of benzene rings is 1. The molecule has 0 radical (unpaired) electrons. The predicted molar refractivity (Wildman–Crippen MR) is 64.5 cm³/mol. The van der Waals surface area contributed by atoms with E-state index in [1.54, 1.807) is 22.6 Å². The molecule has 0 bridgehead atoms. The number of hydrogen-bond donors (Lipinski definition) is 0. The summed E-state index contributed by atoms with van der Waals surface area (Å²) in [6, 6.07) is 1.62. The lowest BCUT2D eigenvalue weighted by molar-refractivity contribution is 0.0119. The van der Waals surface area contributed by atoms with Gasteiger partial charge in [0.1, 0.15) is 11.6 Å². The van der Waals surface area contributed by atoms with Crippen molar-refractivity contribution in [3.05, 3.63) is 32.9 Å². The molecular weight excluding hydrogens is 365 g/mol. The summed E-state index contributed by atoms with van der Waals surface area (Å²) in [5.41, 5.74) is -0.376. The van der Waals surface area contributed by atoms with Crippen LogP contribution in [0.5, 0.6) is 0 Å². The van der Waals surface area contributed by atoms with Gasteiger partial charge in [-0.1, -0.05) is 0 Å². The van der Waals surface area contributed by atoms with Crippen molar-refractivity contribution < 1.29 is 22.4 Å². The Hall–Kier alpha value is -0.860. The van der Waals surface area contributed by atoms with Crippen molar-refractivity contribution in [1.29, 1.82) is 0 Å². The lowest BCUT2D eigenvalue weighted by Gasteiger charge is -2.16. The first-order chi connectivity index (χ1) is 8.30. The fourth-order valence-electron chi connectivity index (χ4n) is 1.77. The minimum Gasteiger partial charge on any atom is -0.332 e. The van der Waals surface area contributed by atoms with E-state index in [-0.39, 0.29) is 15.7 Å². The van der Waals surface area contributed by atoms with Gasteiger partial charge in [0.2, 0.25) is 0 Å². The summed E-state index contributed by atoms with van der Waals surface area (Å²) in [5, 5.41) is 0. The Labute approximate surface area is 114 Å². The van der Waals surface area contributed by atoms with E-state index in [0.29, 0.717) is 6.07 Å². The van der Waals surface area contributed by atoms with Crippen molar-refractivity contribution in [3.8, 4) is 0 Å². The van der Waals surface area contributed by atoms with Gasteiger partial charge >= 0.3 is 0 Å². The molecule has 0 aromatic heterocycles. The Kier molecular flexibility index (Phi) is 3.52. The Morgan fingerprint density at radius 2 is 1.94 bits per heavy atom. The molecule has 1 heterocycles. The van der Waals surface area contributed by atoms with Crippen LogP contribution in [0.1, 0.15) is 16.8 Å². The van der Waals surface area contributed by atoms with Crippen molar-refractivity contribution in [2.75, 3.05) is 13.1 Å². The van der Waals surface area contributed by atoms with E-state index < -0.39 is 36.4 Å². The molecule has 98 valence electrons. The van der Waals surface area contributed by atoms with Crippen molar-refractivity contribution in [3.63, 3.8) is 0 Å². The number of halogens is 5. The third kappa shape index (κ3) is 2.60. The zero-order chi connectivity index (χ0) is 13.5. The van der Waals surface area contributed by atoms with E-state index in [0.717, 1.165) is 11.0 Å². The molecule has 1 aromatic rings. The second-order valence-electron chi connectivity index (χ2n) is 4.08. The fourth-order valence-corrected chi connectivity index (χ4v) is 2.23. The molecule has 0 N–H and O–H groups in total. The number of carbonyl (C=O) groups is 1. The Balaban J connectivity index is 2.27. The summed E-state index contributed by atoms with van der Waals surface area (Å²) in [5.74, 6) is -5.58. The highest BCUT2D eigenvalue weighted by atomic mass is 127. The lowest BCUT2D eigenvalue weighted by atomic mass is 10.2. The third-order valence-corrected chi connectivity index (χ3v) is 3.52. The molecule has 1 aromatic carbocycles. The number of amides is 1. The number of nitrogens with zero attached hydrogens (tertiary/aromatic N) is 1. The first kappa shape index (κ1) is 13.6.